The topological polar surface area (TPSA) is 30.9 Å². The van der Waals surface area contributed by atoms with Crippen LogP contribution in [-0.2, 0) is 6.54 Å². The maximum Gasteiger partial charge on any atom is 0.193 e. The molecule has 0 radical (unpaired) electrons. The molecule has 4 nitrogen and oxygen atoms in total. The van der Waals surface area contributed by atoms with Gasteiger partial charge in [-0.1, -0.05) is 43.2 Å². The van der Waals surface area contributed by atoms with Crippen molar-refractivity contribution in [3.05, 3.63) is 35.9 Å². The van der Waals surface area contributed by atoms with Crippen LogP contribution in [0.4, 0.5) is 0 Å². The fourth-order valence-corrected chi connectivity index (χ4v) is 3.34. The first-order valence-electron chi connectivity index (χ1n) is 9.47. The van der Waals surface area contributed by atoms with Crippen molar-refractivity contribution in [3.8, 4) is 0 Å². The number of aliphatic imine (C=N–C) groups is 1. The second-order valence-electron chi connectivity index (χ2n) is 6.78. The Kier molecular flexibility index (Phi) is 8.67. The first-order chi connectivity index (χ1) is 11.8. The lowest BCUT2D eigenvalue weighted by atomic mass is 10.1. The zero-order valence-electron chi connectivity index (χ0n) is 15.5. The molecule has 1 N–H and O–H groups in total. The van der Waals surface area contributed by atoms with Crippen LogP contribution in [0.1, 0.15) is 44.1 Å². The number of rotatable bonds is 8. The fourth-order valence-electron chi connectivity index (χ4n) is 3.34. The highest BCUT2D eigenvalue weighted by atomic mass is 15.3. The summed E-state index contributed by atoms with van der Waals surface area (Å²) in [6.45, 7) is 5.80. The lowest BCUT2D eigenvalue weighted by molar-refractivity contribution is 0.224. The van der Waals surface area contributed by atoms with E-state index in [1.807, 2.05) is 7.05 Å². The van der Waals surface area contributed by atoms with Gasteiger partial charge in [-0.3, -0.25) is 4.99 Å². The number of likely N-dealkylation sites (tertiary alicyclic amines) is 1. The number of unbranched alkanes of at least 4 members (excludes halogenated alkanes) is 2. The van der Waals surface area contributed by atoms with Gasteiger partial charge in [-0.05, 0) is 50.9 Å². The second-order valence-corrected chi connectivity index (χ2v) is 6.78. The molecule has 1 fully saturated rings. The van der Waals surface area contributed by atoms with Crippen molar-refractivity contribution < 1.29 is 0 Å². The minimum absolute atomic E-state index is 0.884. The molecule has 0 saturated carbocycles. The molecular weight excluding hydrogens is 296 g/mol. The van der Waals surface area contributed by atoms with Gasteiger partial charge in [0, 0.05) is 27.2 Å². The van der Waals surface area contributed by atoms with Gasteiger partial charge in [-0.2, -0.15) is 0 Å². The monoisotopic (exact) mass is 330 g/mol. The number of nitrogens with one attached hydrogen (secondary N) is 1. The maximum absolute atomic E-state index is 4.40. The third-order valence-electron chi connectivity index (χ3n) is 4.72. The molecule has 1 aliphatic rings. The van der Waals surface area contributed by atoms with Crippen LogP contribution in [0.3, 0.4) is 0 Å². The van der Waals surface area contributed by atoms with E-state index in [-0.39, 0.29) is 0 Å². The molecule has 4 heteroatoms. The molecule has 24 heavy (non-hydrogen) atoms. The highest BCUT2D eigenvalue weighted by Crippen LogP contribution is 2.09. The normalized spacial score (nSPS) is 16.2. The molecule has 1 aliphatic heterocycles. The van der Waals surface area contributed by atoms with E-state index in [2.05, 4.69) is 57.5 Å². The standard InChI is InChI=1S/C20H34N4/c1-21-20(23(2)18-19-12-6-3-7-13-19)22-14-8-4-9-15-24-16-10-5-11-17-24/h3,6-7,12-13H,4-5,8-11,14-18H2,1-2H3,(H,21,22). The quantitative estimate of drug-likeness (QED) is 0.450. The maximum atomic E-state index is 4.40. The summed E-state index contributed by atoms with van der Waals surface area (Å²) in [6.07, 6.45) is 8.04. The number of piperidine rings is 1. The predicted octanol–water partition coefficient (Wildman–Crippen LogP) is 3.35. The number of hydrogen-bond acceptors (Lipinski definition) is 2. The van der Waals surface area contributed by atoms with Crippen LogP contribution in [0.25, 0.3) is 0 Å². The molecule has 1 aromatic carbocycles. The molecule has 0 aliphatic carbocycles. The van der Waals surface area contributed by atoms with Crippen LogP contribution in [0, 0.1) is 0 Å². The van der Waals surface area contributed by atoms with Gasteiger partial charge in [0.2, 0.25) is 0 Å². The number of nitrogens with zero attached hydrogens (tertiary/aromatic N) is 3. The van der Waals surface area contributed by atoms with E-state index >= 15 is 0 Å². The molecular formula is C20H34N4. The van der Waals surface area contributed by atoms with Gasteiger partial charge in [0.05, 0.1) is 0 Å². The molecule has 1 aromatic rings. The third-order valence-corrected chi connectivity index (χ3v) is 4.72. The highest BCUT2D eigenvalue weighted by molar-refractivity contribution is 5.79. The van der Waals surface area contributed by atoms with E-state index in [9.17, 15) is 0 Å². The summed E-state index contributed by atoms with van der Waals surface area (Å²) in [6, 6.07) is 10.5. The van der Waals surface area contributed by atoms with Crippen LogP contribution in [0.15, 0.2) is 35.3 Å². The molecule has 0 unspecified atom stereocenters. The SMILES string of the molecule is CN=C(NCCCCCN1CCCCC1)N(C)Cc1ccccc1. The summed E-state index contributed by atoms with van der Waals surface area (Å²) in [5.74, 6) is 0.981. The summed E-state index contributed by atoms with van der Waals surface area (Å²) >= 11 is 0. The van der Waals surface area contributed by atoms with E-state index < -0.39 is 0 Å². The summed E-state index contributed by atoms with van der Waals surface area (Å²) in [7, 11) is 3.96. The van der Waals surface area contributed by atoms with Gasteiger partial charge in [0.1, 0.15) is 0 Å². The molecule has 2 rings (SSSR count). The van der Waals surface area contributed by atoms with Crippen molar-refractivity contribution in [2.75, 3.05) is 40.3 Å². The predicted molar refractivity (Wildman–Crippen MR) is 103 cm³/mol. The molecule has 1 saturated heterocycles. The van der Waals surface area contributed by atoms with Gasteiger partial charge < -0.3 is 15.1 Å². The van der Waals surface area contributed by atoms with Crippen molar-refractivity contribution in [2.45, 2.75) is 45.1 Å². The van der Waals surface area contributed by atoms with Crippen LogP contribution < -0.4 is 5.32 Å². The lowest BCUT2D eigenvalue weighted by Crippen LogP contribution is -2.38. The number of guanidine groups is 1. The van der Waals surface area contributed by atoms with Crippen molar-refractivity contribution in [1.29, 1.82) is 0 Å². The Hall–Kier alpha value is -1.55. The molecule has 0 amide bonds. The van der Waals surface area contributed by atoms with Gasteiger partial charge in [-0.15, -0.1) is 0 Å². The molecule has 1 heterocycles. The minimum Gasteiger partial charge on any atom is -0.356 e. The summed E-state index contributed by atoms with van der Waals surface area (Å²) < 4.78 is 0. The fraction of sp³-hybridized carbons (Fsp3) is 0.650. The van der Waals surface area contributed by atoms with E-state index in [0.717, 1.165) is 19.0 Å². The Morgan fingerprint density at radius 2 is 1.83 bits per heavy atom. The van der Waals surface area contributed by atoms with Gasteiger partial charge >= 0.3 is 0 Å². The zero-order chi connectivity index (χ0) is 17.0. The molecule has 0 atom stereocenters. The van der Waals surface area contributed by atoms with Gasteiger partial charge in [0.25, 0.3) is 0 Å². The van der Waals surface area contributed by atoms with Crippen molar-refractivity contribution in [2.24, 2.45) is 4.99 Å². The van der Waals surface area contributed by atoms with Crippen molar-refractivity contribution in [1.82, 2.24) is 15.1 Å². The zero-order valence-corrected chi connectivity index (χ0v) is 15.5. The summed E-state index contributed by atoms with van der Waals surface area (Å²) in [5, 5.41) is 3.49. The first kappa shape index (κ1) is 18.8. The van der Waals surface area contributed by atoms with Crippen LogP contribution in [0.5, 0.6) is 0 Å². The van der Waals surface area contributed by atoms with E-state index in [1.54, 1.807) is 0 Å². The smallest absolute Gasteiger partial charge is 0.193 e. The van der Waals surface area contributed by atoms with E-state index in [4.69, 9.17) is 0 Å². The Labute approximate surface area is 147 Å². The first-order valence-corrected chi connectivity index (χ1v) is 9.47. The number of hydrogen-bond donors (Lipinski definition) is 1. The third kappa shape index (κ3) is 6.91. The Morgan fingerprint density at radius 3 is 2.54 bits per heavy atom. The average molecular weight is 331 g/mol. The molecule has 0 aromatic heterocycles. The molecule has 134 valence electrons. The summed E-state index contributed by atoms with van der Waals surface area (Å²) in [4.78, 5) is 9.21. The van der Waals surface area contributed by atoms with Crippen LogP contribution in [-0.4, -0.2) is 56.0 Å². The van der Waals surface area contributed by atoms with E-state index in [0.29, 0.717) is 0 Å². The Bertz CT molecular complexity index is 466. The van der Waals surface area contributed by atoms with Gasteiger partial charge in [0.15, 0.2) is 5.96 Å². The Morgan fingerprint density at radius 1 is 1.08 bits per heavy atom. The van der Waals surface area contributed by atoms with Crippen molar-refractivity contribution in [3.63, 3.8) is 0 Å². The van der Waals surface area contributed by atoms with Gasteiger partial charge in [-0.25, -0.2) is 0 Å². The minimum atomic E-state index is 0.884. The van der Waals surface area contributed by atoms with Crippen molar-refractivity contribution >= 4 is 5.96 Å². The average Bonchev–Trinajstić information content (AvgIpc) is 2.63. The molecule has 0 spiro atoms. The second kappa shape index (κ2) is 11.1. The van der Waals surface area contributed by atoms with E-state index in [1.165, 1.54) is 63.7 Å². The Balaban J connectivity index is 1.57. The van der Waals surface area contributed by atoms with Crippen LogP contribution in [0.2, 0.25) is 0 Å². The molecule has 0 bridgehead atoms. The highest BCUT2D eigenvalue weighted by Gasteiger charge is 2.09. The largest absolute Gasteiger partial charge is 0.356 e. The van der Waals surface area contributed by atoms with Crippen LogP contribution >= 0.6 is 0 Å². The summed E-state index contributed by atoms with van der Waals surface area (Å²) in [5.41, 5.74) is 1.31. The number of benzene rings is 1. The lowest BCUT2D eigenvalue weighted by Gasteiger charge is -2.26.